The number of hydrogen-bond donors (Lipinski definition) is 1. The topological polar surface area (TPSA) is 58.4 Å². The van der Waals surface area contributed by atoms with Crippen molar-refractivity contribution in [2.45, 2.75) is 33.7 Å². The lowest BCUT2D eigenvalue weighted by molar-refractivity contribution is 0.0947. The third kappa shape index (κ3) is 4.03. The van der Waals surface area contributed by atoms with Crippen LogP contribution in [0.5, 0.6) is 0 Å². The maximum atomic E-state index is 12.3. The highest BCUT2D eigenvalue weighted by Gasteiger charge is 2.24. The van der Waals surface area contributed by atoms with Gasteiger partial charge in [0.15, 0.2) is 5.76 Å². The molecule has 1 amide bonds. The number of carbonyl (C=O) groups is 1. The number of nitrogens with zero attached hydrogens (tertiary/aromatic N) is 2. The molecule has 1 atom stereocenters. The summed E-state index contributed by atoms with van der Waals surface area (Å²) in [7, 11) is 0. The van der Waals surface area contributed by atoms with E-state index in [-0.39, 0.29) is 5.91 Å². The minimum Gasteiger partial charge on any atom is -0.360 e. The SMILES string of the molecule is Cc1cc(CN2CC[C@H](CNC(=O)c3ccc(C)c(C)c3)C2)on1. The van der Waals surface area contributed by atoms with Crippen molar-refractivity contribution >= 4 is 5.91 Å². The molecule has 1 N–H and O–H groups in total. The van der Waals surface area contributed by atoms with Gasteiger partial charge in [0.1, 0.15) is 0 Å². The first-order chi connectivity index (χ1) is 11.5. The molecule has 1 saturated heterocycles. The number of hydrogen-bond acceptors (Lipinski definition) is 4. The van der Waals surface area contributed by atoms with E-state index in [4.69, 9.17) is 4.52 Å². The predicted octanol–water partition coefficient (Wildman–Crippen LogP) is 2.85. The second-order valence-corrected chi connectivity index (χ2v) is 6.83. The molecule has 5 nitrogen and oxygen atoms in total. The van der Waals surface area contributed by atoms with Crippen LogP contribution in [-0.2, 0) is 6.54 Å². The lowest BCUT2D eigenvalue weighted by atomic mass is 10.1. The van der Waals surface area contributed by atoms with Crippen LogP contribution in [0.25, 0.3) is 0 Å². The molecule has 0 saturated carbocycles. The molecule has 1 aromatic heterocycles. The molecule has 24 heavy (non-hydrogen) atoms. The average Bonchev–Trinajstić information content (AvgIpc) is 3.17. The van der Waals surface area contributed by atoms with Gasteiger partial charge in [0.05, 0.1) is 12.2 Å². The molecule has 1 fully saturated rings. The Morgan fingerprint density at radius 2 is 2.12 bits per heavy atom. The van der Waals surface area contributed by atoms with Gasteiger partial charge >= 0.3 is 0 Å². The van der Waals surface area contributed by atoms with Crippen LogP contribution in [0.15, 0.2) is 28.8 Å². The van der Waals surface area contributed by atoms with E-state index in [0.717, 1.165) is 55.2 Å². The van der Waals surface area contributed by atoms with Crippen LogP contribution in [0.1, 0.15) is 39.4 Å². The fourth-order valence-corrected chi connectivity index (χ4v) is 3.16. The number of aryl methyl sites for hydroxylation is 3. The zero-order valence-corrected chi connectivity index (χ0v) is 14.6. The van der Waals surface area contributed by atoms with E-state index in [9.17, 15) is 4.79 Å². The summed E-state index contributed by atoms with van der Waals surface area (Å²) in [5, 5.41) is 7.00. The minimum absolute atomic E-state index is 0.0161. The molecule has 5 heteroatoms. The van der Waals surface area contributed by atoms with E-state index in [2.05, 4.69) is 22.3 Å². The molecular formula is C19H25N3O2. The van der Waals surface area contributed by atoms with Gasteiger partial charge in [-0.3, -0.25) is 9.69 Å². The Labute approximate surface area is 143 Å². The van der Waals surface area contributed by atoms with Gasteiger partial charge in [-0.15, -0.1) is 0 Å². The largest absolute Gasteiger partial charge is 0.360 e. The summed E-state index contributed by atoms with van der Waals surface area (Å²) in [6.45, 7) is 9.55. The van der Waals surface area contributed by atoms with Crippen molar-refractivity contribution in [2.75, 3.05) is 19.6 Å². The Bertz CT molecular complexity index is 723. The standard InChI is InChI=1S/C19H25N3O2/c1-13-4-5-17(8-14(13)2)19(23)20-10-16-6-7-22(11-16)12-18-9-15(3)21-24-18/h4-5,8-9,16H,6-7,10-12H2,1-3H3,(H,20,23)/t16-/m1/s1. The van der Waals surface area contributed by atoms with Gasteiger partial charge in [-0.25, -0.2) is 0 Å². The molecule has 128 valence electrons. The number of carbonyl (C=O) groups excluding carboxylic acids is 1. The number of aromatic nitrogens is 1. The summed E-state index contributed by atoms with van der Waals surface area (Å²) in [5.41, 5.74) is 4.02. The highest BCUT2D eigenvalue weighted by atomic mass is 16.5. The van der Waals surface area contributed by atoms with Gasteiger partial charge in [0, 0.05) is 24.7 Å². The monoisotopic (exact) mass is 327 g/mol. The summed E-state index contributed by atoms with van der Waals surface area (Å²) in [6.07, 6.45) is 1.10. The van der Waals surface area contributed by atoms with E-state index in [0.29, 0.717) is 5.92 Å². The van der Waals surface area contributed by atoms with E-state index < -0.39 is 0 Å². The summed E-state index contributed by atoms with van der Waals surface area (Å²) in [4.78, 5) is 14.6. The van der Waals surface area contributed by atoms with Crippen molar-refractivity contribution in [1.29, 1.82) is 0 Å². The molecule has 1 aliphatic rings. The minimum atomic E-state index is 0.0161. The molecule has 0 radical (unpaired) electrons. The third-order valence-electron chi connectivity index (χ3n) is 4.75. The zero-order chi connectivity index (χ0) is 17.1. The predicted molar refractivity (Wildman–Crippen MR) is 92.9 cm³/mol. The third-order valence-corrected chi connectivity index (χ3v) is 4.75. The number of likely N-dealkylation sites (tertiary alicyclic amines) is 1. The Morgan fingerprint density at radius 3 is 2.83 bits per heavy atom. The number of amides is 1. The van der Waals surface area contributed by atoms with Gasteiger partial charge in [0.2, 0.25) is 0 Å². The molecule has 0 aliphatic carbocycles. The number of benzene rings is 1. The van der Waals surface area contributed by atoms with Crippen molar-refractivity contribution in [1.82, 2.24) is 15.4 Å². The maximum Gasteiger partial charge on any atom is 0.251 e. The zero-order valence-electron chi connectivity index (χ0n) is 14.6. The fraction of sp³-hybridized carbons (Fsp3) is 0.474. The lowest BCUT2D eigenvalue weighted by Crippen LogP contribution is -2.31. The quantitative estimate of drug-likeness (QED) is 0.917. The highest BCUT2D eigenvalue weighted by Crippen LogP contribution is 2.18. The van der Waals surface area contributed by atoms with Gasteiger partial charge < -0.3 is 9.84 Å². The molecule has 0 unspecified atom stereocenters. The van der Waals surface area contributed by atoms with E-state index in [1.54, 1.807) is 0 Å². The Kier molecular flexibility index (Phi) is 5.00. The summed E-state index contributed by atoms with van der Waals surface area (Å²) < 4.78 is 5.28. The van der Waals surface area contributed by atoms with Crippen molar-refractivity contribution < 1.29 is 9.32 Å². The summed E-state index contributed by atoms with van der Waals surface area (Å²) in [6, 6.07) is 7.83. The molecule has 3 rings (SSSR count). The lowest BCUT2D eigenvalue weighted by Gasteiger charge is -2.14. The van der Waals surface area contributed by atoms with Crippen LogP contribution < -0.4 is 5.32 Å². The van der Waals surface area contributed by atoms with E-state index in [1.807, 2.05) is 38.1 Å². The van der Waals surface area contributed by atoms with Crippen LogP contribution >= 0.6 is 0 Å². The van der Waals surface area contributed by atoms with Gasteiger partial charge in [-0.1, -0.05) is 11.2 Å². The Morgan fingerprint density at radius 1 is 1.29 bits per heavy atom. The smallest absolute Gasteiger partial charge is 0.251 e. The summed E-state index contributed by atoms with van der Waals surface area (Å²) in [5.74, 6) is 1.42. The van der Waals surface area contributed by atoms with Crippen LogP contribution in [-0.4, -0.2) is 35.6 Å². The molecule has 1 aromatic carbocycles. The van der Waals surface area contributed by atoms with Gasteiger partial charge in [-0.2, -0.15) is 0 Å². The Balaban J connectivity index is 1.47. The molecule has 0 spiro atoms. The molecule has 2 heterocycles. The first kappa shape index (κ1) is 16.7. The second kappa shape index (κ2) is 7.18. The van der Waals surface area contributed by atoms with Crippen LogP contribution in [0.4, 0.5) is 0 Å². The highest BCUT2D eigenvalue weighted by molar-refractivity contribution is 5.94. The number of rotatable bonds is 5. The maximum absolute atomic E-state index is 12.3. The Hall–Kier alpha value is -2.14. The molecular weight excluding hydrogens is 302 g/mol. The van der Waals surface area contributed by atoms with Gasteiger partial charge in [-0.05, 0) is 62.9 Å². The first-order valence-corrected chi connectivity index (χ1v) is 8.51. The van der Waals surface area contributed by atoms with Crippen LogP contribution in [0, 0.1) is 26.7 Å². The van der Waals surface area contributed by atoms with Crippen LogP contribution in [0.2, 0.25) is 0 Å². The molecule has 1 aliphatic heterocycles. The summed E-state index contributed by atoms with van der Waals surface area (Å²) >= 11 is 0. The van der Waals surface area contributed by atoms with E-state index in [1.165, 1.54) is 5.56 Å². The van der Waals surface area contributed by atoms with E-state index >= 15 is 0 Å². The fourth-order valence-electron chi connectivity index (χ4n) is 3.16. The van der Waals surface area contributed by atoms with Crippen molar-refractivity contribution in [2.24, 2.45) is 5.92 Å². The van der Waals surface area contributed by atoms with Gasteiger partial charge in [0.25, 0.3) is 5.91 Å². The molecule has 0 bridgehead atoms. The first-order valence-electron chi connectivity index (χ1n) is 8.51. The van der Waals surface area contributed by atoms with Crippen LogP contribution in [0.3, 0.4) is 0 Å². The van der Waals surface area contributed by atoms with Crippen molar-refractivity contribution in [3.8, 4) is 0 Å². The number of nitrogens with one attached hydrogen (secondary N) is 1. The average molecular weight is 327 g/mol. The molecule has 2 aromatic rings. The normalized spacial score (nSPS) is 18.0. The second-order valence-electron chi connectivity index (χ2n) is 6.83. The van der Waals surface area contributed by atoms with Crippen molar-refractivity contribution in [3.05, 3.63) is 52.4 Å². The van der Waals surface area contributed by atoms with Crippen molar-refractivity contribution in [3.63, 3.8) is 0 Å².